The minimum atomic E-state index is -0.637. The molecule has 206 valence electrons. The summed E-state index contributed by atoms with van der Waals surface area (Å²) in [6.45, 7) is 8.60. The maximum absolute atomic E-state index is 15.0. The Morgan fingerprint density at radius 3 is 2.73 bits per heavy atom. The second-order valence-corrected chi connectivity index (χ2v) is 11.0. The fourth-order valence-electron chi connectivity index (χ4n) is 5.03. The van der Waals surface area contributed by atoms with Crippen LogP contribution in [0.3, 0.4) is 0 Å². The second kappa shape index (κ2) is 11.0. The van der Waals surface area contributed by atoms with Crippen molar-refractivity contribution in [3.63, 3.8) is 0 Å². The van der Waals surface area contributed by atoms with Gasteiger partial charge >= 0.3 is 5.69 Å². The number of phenolic OH excluding ortho intramolecular Hbond substituents is 1. The highest BCUT2D eigenvalue weighted by Crippen LogP contribution is 2.37. The van der Waals surface area contributed by atoms with E-state index in [1.54, 1.807) is 30.2 Å². The van der Waals surface area contributed by atoms with E-state index in [0.29, 0.717) is 46.7 Å². The van der Waals surface area contributed by atoms with Crippen LogP contribution in [0.4, 0.5) is 10.2 Å². The third kappa shape index (κ3) is 4.75. The van der Waals surface area contributed by atoms with Crippen LogP contribution in [-0.2, 0) is 4.79 Å². The smallest absolute Gasteiger partial charge is 0.355 e. The first-order valence-electron chi connectivity index (χ1n) is 12.4. The van der Waals surface area contributed by atoms with Gasteiger partial charge in [0.2, 0.25) is 5.91 Å². The van der Waals surface area contributed by atoms with E-state index in [9.17, 15) is 14.7 Å². The molecule has 1 saturated heterocycles. The molecule has 1 aliphatic rings. The standard InChI is InChI=1S/C28H26BrFN6O3S/c1-5-21(38)34-11-12-35(16(3)14-34)26-17-13-15(2)23(22-18(30)7-6-8-19(22)37)32-27(17)36(28(39)33-26)24-20(40-4)9-10-31-25(24)29/h5-10,13,16,37H,1,11-12,14H2,2-4H3. The molecule has 1 aromatic carbocycles. The van der Waals surface area contributed by atoms with Gasteiger partial charge in [-0.2, -0.15) is 4.98 Å². The summed E-state index contributed by atoms with van der Waals surface area (Å²) in [5.41, 5.74) is 0.832. The number of anilines is 1. The Labute approximate surface area is 242 Å². The van der Waals surface area contributed by atoms with Gasteiger partial charge in [0.05, 0.1) is 22.3 Å². The molecule has 1 atom stereocenters. The van der Waals surface area contributed by atoms with Crippen LogP contribution in [0.1, 0.15) is 12.5 Å². The van der Waals surface area contributed by atoms with Crippen LogP contribution in [0.15, 0.2) is 63.5 Å². The topological polar surface area (TPSA) is 104 Å². The number of phenols is 1. The lowest BCUT2D eigenvalue weighted by Gasteiger charge is -2.40. The van der Waals surface area contributed by atoms with Crippen molar-refractivity contribution < 1.29 is 14.3 Å². The van der Waals surface area contributed by atoms with Crippen LogP contribution in [0.25, 0.3) is 28.0 Å². The molecule has 1 aliphatic heterocycles. The minimum Gasteiger partial charge on any atom is -0.507 e. The molecule has 9 nitrogen and oxygen atoms in total. The van der Waals surface area contributed by atoms with Gasteiger partial charge in [-0.3, -0.25) is 4.79 Å². The summed E-state index contributed by atoms with van der Waals surface area (Å²) in [5.74, 6) is -0.637. The number of aryl methyl sites for hydroxylation is 1. The van der Waals surface area contributed by atoms with Crippen LogP contribution in [0.2, 0.25) is 0 Å². The molecule has 4 heterocycles. The Balaban J connectivity index is 1.82. The third-order valence-corrected chi connectivity index (χ3v) is 8.29. The molecule has 5 rings (SSSR count). The number of benzene rings is 1. The van der Waals surface area contributed by atoms with E-state index in [4.69, 9.17) is 4.98 Å². The highest BCUT2D eigenvalue weighted by molar-refractivity contribution is 9.10. The van der Waals surface area contributed by atoms with Crippen LogP contribution < -0.4 is 10.6 Å². The van der Waals surface area contributed by atoms with Gasteiger partial charge in [-0.25, -0.2) is 23.7 Å². The minimum absolute atomic E-state index is 0.0560. The predicted molar refractivity (Wildman–Crippen MR) is 158 cm³/mol. The first-order chi connectivity index (χ1) is 19.2. The average molecular weight is 626 g/mol. The first-order valence-corrected chi connectivity index (χ1v) is 14.5. The van der Waals surface area contributed by atoms with E-state index >= 15 is 4.39 Å². The molecule has 1 fully saturated rings. The normalized spacial score (nSPS) is 15.5. The fourth-order valence-corrected chi connectivity index (χ4v) is 6.25. The lowest BCUT2D eigenvalue weighted by molar-refractivity contribution is -0.126. The molecule has 40 heavy (non-hydrogen) atoms. The van der Waals surface area contributed by atoms with E-state index < -0.39 is 11.5 Å². The van der Waals surface area contributed by atoms with Crippen molar-refractivity contribution in [2.75, 3.05) is 30.8 Å². The lowest BCUT2D eigenvalue weighted by Crippen LogP contribution is -2.54. The second-order valence-electron chi connectivity index (χ2n) is 9.40. The van der Waals surface area contributed by atoms with Crippen molar-refractivity contribution in [2.45, 2.75) is 24.8 Å². The largest absolute Gasteiger partial charge is 0.507 e. The Hall–Kier alpha value is -3.77. The summed E-state index contributed by atoms with van der Waals surface area (Å²) >= 11 is 4.91. The van der Waals surface area contributed by atoms with Crippen molar-refractivity contribution >= 4 is 50.5 Å². The number of aromatic nitrogens is 4. The van der Waals surface area contributed by atoms with Crippen molar-refractivity contribution in [1.82, 2.24) is 24.4 Å². The zero-order valence-corrected chi connectivity index (χ0v) is 24.5. The molecule has 0 saturated carbocycles. The third-order valence-electron chi connectivity index (χ3n) is 6.94. The van der Waals surface area contributed by atoms with Crippen molar-refractivity contribution in [2.24, 2.45) is 0 Å². The van der Waals surface area contributed by atoms with Gasteiger partial charge in [0.25, 0.3) is 0 Å². The summed E-state index contributed by atoms with van der Waals surface area (Å²) in [7, 11) is 0. The van der Waals surface area contributed by atoms with Gasteiger partial charge < -0.3 is 14.9 Å². The molecule has 0 aliphatic carbocycles. The molecular weight excluding hydrogens is 599 g/mol. The first kappa shape index (κ1) is 27.8. The molecule has 1 N–H and O–H groups in total. The van der Waals surface area contributed by atoms with E-state index in [0.717, 1.165) is 4.90 Å². The molecule has 12 heteroatoms. The highest BCUT2D eigenvalue weighted by Gasteiger charge is 2.30. The van der Waals surface area contributed by atoms with Gasteiger partial charge in [0, 0.05) is 36.8 Å². The monoisotopic (exact) mass is 624 g/mol. The molecule has 3 aromatic heterocycles. The Morgan fingerprint density at radius 1 is 1.27 bits per heavy atom. The quantitative estimate of drug-likeness (QED) is 0.193. The van der Waals surface area contributed by atoms with Crippen LogP contribution >= 0.6 is 27.7 Å². The predicted octanol–water partition coefficient (Wildman–Crippen LogP) is 4.70. The van der Waals surface area contributed by atoms with Crippen LogP contribution in [0, 0.1) is 12.7 Å². The van der Waals surface area contributed by atoms with Gasteiger partial charge in [-0.05, 0) is 71.9 Å². The number of fused-ring (bicyclic) bond motifs is 1. The summed E-state index contributed by atoms with van der Waals surface area (Å²) < 4.78 is 16.8. The molecule has 1 unspecified atom stereocenters. The summed E-state index contributed by atoms with van der Waals surface area (Å²) in [6.07, 6.45) is 4.80. The van der Waals surface area contributed by atoms with E-state index in [2.05, 4.69) is 32.5 Å². The zero-order valence-electron chi connectivity index (χ0n) is 22.1. The fraction of sp³-hybridized carbons (Fsp3) is 0.250. The number of halogens is 2. The Bertz CT molecular complexity index is 1710. The Morgan fingerprint density at radius 2 is 2.05 bits per heavy atom. The van der Waals surface area contributed by atoms with E-state index in [1.165, 1.54) is 40.6 Å². The lowest BCUT2D eigenvalue weighted by atomic mass is 10.0. The maximum Gasteiger partial charge on any atom is 0.355 e. The number of pyridine rings is 2. The number of amides is 1. The van der Waals surface area contributed by atoms with E-state index in [1.807, 2.05) is 18.1 Å². The van der Waals surface area contributed by atoms with Crippen molar-refractivity contribution in [3.8, 4) is 22.7 Å². The van der Waals surface area contributed by atoms with Gasteiger partial charge in [0.15, 0.2) is 5.65 Å². The highest BCUT2D eigenvalue weighted by atomic mass is 79.9. The number of carbonyl (C=O) groups excluding carboxylic acids is 1. The molecule has 4 aromatic rings. The number of piperazine rings is 1. The number of carbonyl (C=O) groups is 1. The summed E-state index contributed by atoms with van der Waals surface area (Å²) in [6, 6.07) is 7.49. The van der Waals surface area contributed by atoms with Gasteiger partial charge in [-0.15, -0.1) is 11.8 Å². The molecule has 0 bridgehead atoms. The maximum atomic E-state index is 15.0. The molecule has 1 amide bonds. The number of rotatable bonds is 5. The number of hydrogen-bond acceptors (Lipinski definition) is 8. The number of hydrogen-bond donors (Lipinski definition) is 1. The number of aromatic hydroxyl groups is 1. The zero-order chi connectivity index (χ0) is 28.7. The average Bonchev–Trinajstić information content (AvgIpc) is 2.93. The van der Waals surface area contributed by atoms with E-state index in [-0.39, 0.29) is 34.6 Å². The number of nitrogens with zero attached hydrogens (tertiary/aromatic N) is 6. The molecule has 0 spiro atoms. The Kier molecular flexibility index (Phi) is 7.65. The van der Waals surface area contributed by atoms with Crippen molar-refractivity contribution in [3.05, 3.63) is 75.7 Å². The van der Waals surface area contributed by atoms with Crippen molar-refractivity contribution in [1.29, 1.82) is 0 Å². The molecule has 0 radical (unpaired) electrons. The molecular formula is C28H26BrFN6O3S. The number of thioether (sulfide) groups is 1. The van der Waals surface area contributed by atoms with Gasteiger partial charge in [0.1, 0.15) is 22.0 Å². The van der Waals surface area contributed by atoms with Gasteiger partial charge in [-0.1, -0.05) is 12.6 Å². The summed E-state index contributed by atoms with van der Waals surface area (Å²) in [4.78, 5) is 44.2. The SMILES string of the molecule is C=CC(=O)N1CCN(c2nc(=O)n(-c3c(SC)ccnc3Br)c3nc(-c4c(O)cccc4F)c(C)cc23)C(C)C1. The van der Waals surface area contributed by atoms with Crippen LogP contribution in [-0.4, -0.2) is 67.4 Å². The van der Waals surface area contributed by atoms with Crippen LogP contribution in [0.5, 0.6) is 5.75 Å². The summed E-state index contributed by atoms with van der Waals surface area (Å²) in [5, 5.41) is 11.1.